The van der Waals surface area contributed by atoms with Crippen LogP contribution in [0.5, 0.6) is 0 Å². The Morgan fingerprint density at radius 1 is 1.10 bits per heavy atom. The fourth-order valence-corrected chi connectivity index (χ4v) is 3.72. The van der Waals surface area contributed by atoms with Crippen molar-refractivity contribution in [2.45, 2.75) is 47.5 Å². The Morgan fingerprint density at radius 2 is 1.67 bits per heavy atom. The van der Waals surface area contributed by atoms with Gasteiger partial charge in [-0.25, -0.2) is 0 Å². The number of methoxy groups -OCH3 is 1. The number of carbonyl (C=O) groups excluding carboxylic acids is 3. The molecule has 0 heterocycles. The van der Waals surface area contributed by atoms with Gasteiger partial charge in [-0.2, -0.15) is 0 Å². The molecule has 21 heavy (non-hydrogen) atoms. The van der Waals surface area contributed by atoms with Crippen molar-refractivity contribution in [3.05, 3.63) is 0 Å². The molecule has 0 bridgehead atoms. The highest BCUT2D eigenvalue weighted by Gasteiger charge is 2.53. The van der Waals surface area contributed by atoms with Gasteiger partial charge in [0.25, 0.3) is 0 Å². The molecule has 4 unspecified atom stereocenters. The molecule has 0 saturated heterocycles. The molecule has 4 nitrogen and oxygen atoms in total. The van der Waals surface area contributed by atoms with Gasteiger partial charge in [0.1, 0.15) is 11.7 Å². The Balaban J connectivity index is 3.32. The van der Waals surface area contributed by atoms with E-state index in [9.17, 15) is 14.4 Å². The van der Waals surface area contributed by atoms with E-state index in [1.165, 1.54) is 7.11 Å². The Hall–Kier alpha value is -1.19. The molecule has 0 radical (unpaired) electrons. The first-order valence-electron chi connectivity index (χ1n) is 7.93. The van der Waals surface area contributed by atoms with Crippen molar-refractivity contribution in [1.29, 1.82) is 0 Å². The number of esters is 1. The lowest BCUT2D eigenvalue weighted by Crippen LogP contribution is -2.53. The van der Waals surface area contributed by atoms with Crippen molar-refractivity contribution in [3.63, 3.8) is 0 Å². The number of carbonyl (C=O) groups is 3. The van der Waals surface area contributed by atoms with Crippen LogP contribution in [0.15, 0.2) is 0 Å². The third-order valence-electron chi connectivity index (χ3n) is 4.64. The van der Waals surface area contributed by atoms with Crippen LogP contribution in [0.1, 0.15) is 47.5 Å². The average Bonchev–Trinajstić information content (AvgIpc) is 2.41. The van der Waals surface area contributed by atoms with E-state index in [1.807, 2.05) is 34.6 Å². The first-order valence-corrected chi connectivity index (χ1v) is 7.93. The van der Waals surface area contributed by atoms with Crippen LogP contribution in [0.25, 0.3) is 0 Å². The monoisotopic (exact) mass is 296 g/mol. The standard InChI is InChI=1S/C17H28O4/c1-7-8-11-15(18)13(10(4)5)12(9(2)3)14(16(11)19)17(20)21-6/h9-14H,7-8H2,1-6H3. The first-order chi connectivity index (χ1) is 9.77. The smallest absolute Gasteiger partial charge is 0.316 e. The lowest BCUT2D eigenvalue weighted by atomic mass is 9.59. The molecular weight excluding hydrogens is 268 g/mol. The van der Waals surface area contributed by atoms with E-state index in [-0.39, 0.29) is 35.2 Å². The van der Waals surface area contributed by atoms with E-state index < -0.39 is 17.8 Å². The summed E-state index contributed by atoms with van der Waals surface area (Å²) in [5.74, 6) is -2.44. The number of hydrogen-bond acceptors (Lipinski definition) is 4. The molecule has 0 spiro atoms. The normalized spacial score (nSPS) is 30.1. The molecule has 4 atom stereocenters. The SMILES string of the molecule is CCCC1C(=O)C(C(=O)OC)C(C(C)C)C(C(C)C)C1=O. The minimum Gasteiger partial charge on any atom is -0.468 e. The van der Waals surface area contributed by atoms with Crippen molar-refractivity contribution in [2.24, 2.45) is 35.5 Å². The largest absolute Gasteiger partial charge is 0.468 e. The lowest BCUT2D eigenvalue weighted by Gasteiger charge is -2.42. The van der Waals surface area contributed by atoms with Gasteiger partial charge in [-0.3, -0.25) is 14.4 Å². The van der Waals surface area contributed by atoms with E-state index >= 15 is 0 Å². The van der Waals surface area contributed by atoms with E-state index in [1.54, 1.807) is 0 Å². The minimum absolute atomic E-state index is 0.0238. The van der Waals surface area contributed by atoms with Gasteiger partial charge in [0.05, 0.1) is 13.0 Å². The quantitative estimate of drug-likeness (QED) is 0.578. The summed E-state index contributed by atoms with van der Waals surface area (Å²) in [7, 11) is 1.31. The van der Waals surface area contributed by atoms with Crippen molar-refractivity contribution in [3.8, 4) is 0 Å². The number of ether oxygens (including phenoxy) is 1. The molecule has 1 fully saturated rings. The maximum atomic E-state index is 12.8. The second kappa shape index (κ2) is 7.19. The molecule has 0 aromatic rings. The van der Waals surface area contributed by atoms with Gasteiger partial charge in [-0.05, 0) is 24.2 Å². The Bertz CT molecular complexity index is 411. The molecular formula is C17H28O4. The first kappa shape index (κ1) is 17.9. The van der Waals surface area contributed by atoms with Crippen LogP contribution in [-0.4, -0.2) is 24.6 Å². The zero-order valence-electron chi connectivity index (χ0n) is 14.0. The topological polar surface area (TPSA) is 60.4 Å². The molecule has 0 aliphatic heterocycles. The summed E-state index contributed by atoms with van der Waals surface area (Å²) in [5.41, 5.74) is 0. The molecule has 1 rings (SSSR count). The van der Waals surface area contributed by atoms with Crippen LogP contribution >= 0.6 is 0 Å². The summed E-state index contributed by atoms with van der Waals surface area (Å²) in [6.07, 6.45) is 1.28. The highest BCUT2D eigenvalue weighted by Crippen LogP contribution is 2.43. The molecule has 0 aromatic heterocycles. The van der Waals surface area contributed by atoms with E-state index in [4.69, 9.17) is 4.74 Å². The second-order valence-electron chi connectivity index (χ2n) is 6.74. The summed E-state index contributed by atoms with van der Waals surface area (Å²) in [6.45, 7) is 9.87. The highest BCUT2D eigenvalue weighted by molar-refractivity contribution is 6.13. The fraction of sp³-hybridized carbons (Fsp3) is 0.824. The van der Waals surface area contributed by atoms with Gasteiger partial charge in [0, 0.05) is 5.92 Å². The maximum Gasteiger partial charge on any atom is 0.316 e. The van der Waals surface area contributed by atoms with Gasteiger partial charge in [0.15, 0.2) is 5.78 Å². The van der Waals surface area contributed by atoms with Crippen LogP contribution in [0.2, 0.25) is 0 Å². The zero-order chi connectivity index (χ0) is 16.3. The van der Waals surface area contributed by atoms with Gasteiger partial charge in [0.2, 0.25) is 0 Å². The van der Waals surface area contributed by atoms with E-state index in [2.05, 4.69) is 0 Å². The predicted octanol–water partition coefficient (Wildman–Crippen LogP) is 2.89. The van der Waals surface area contributed by atoms with E-state index in [0.29, 0.717) is 6.42 Å². The molecule has 1 aliphatic carbocycles. The van der Waals surface area contributed by atoms with Crippen LogP contribution in [0, 0.1) is 35.5 Å². The van der Waals surface area contributed by atoms with Gasteiger partial charge >= 0.3 is 5.97 Å². The Morgan fingerprint density at radius 3 is 2.05 bits per heavy atom. The van der Waals surface area contributed by atoms with Crippen LogP contribution in [0.4, 0.5) is 0 Å². The molecule has 0 aromatic carbocycles. The predicted molar refractivity (Wildman–Crippen MR) is 80.6 cm³/mol. The summed E-state index contributed by atoms with van der Waals surface area (Å²) in [4.78, 5) is 37.6. The summed E-state index contributed by atoms with van der Waals surface area (Å²) >= 11 is 0. The Labute approximate surface area is 127 Å². The number of hydrogen-bond donors (Lipinski definition) is 0. The summed E-state index contributed by atoms with van der Waals surface area (Å²) in [6, 6.07) is 0. The highest BCUT2D eigenvalue weighted by atomic mass is 16.5. The third-order valence-corrected chi connectivity index (χ3v) is 4.64. The molecule has 1 saturated carbocycles. The molecule has 4 heteroatoms. The molecule has 0 N–H and O–H groups in total. The number of rotatable bonds is 5. The zero-order valence-corrected chi connectivity index (χ0v) is 14.0. The number of ketones is 2. The van der Waals surface area contributed by atoms with Crippen molar-refractivity contribution in [2.75, 3.05) is 7.11 Å². The van der Waals surface area contributed by atoms with E-state index in [0.717, 1.165) is 6.42 Å². The molecule has 0 amide bonds. The van der Waals surface area contributed by atoms with Gasteiger partial charge in [-0.1, -0.05) is 41.0 Å². The van der Waals surface area contributed by atoms with Crippen LogP contribution in [0.3, 0.4) is 0 Å². The van der Waals surface area contributed by atoms with Gasteiger partial charge in [-0.15, -0.1) is 0 Å². The Kier molecular flexibility index (Phi) is 6.11. The third kappa shape index (κ3) is 3.35. The maximum absolute atomic E-state index is 12.8. The van der Waals surface area contributed by atoms with Crippen molar-refractivity contribution in [1.82, 2.24) is 0 Å². The molecule has 1 aliphatic rings. The van der Waals surface area contributed by atoms with Crippen LogP contribution in [-0.2, 0) is 19.1 Å². The van der Waals surface area contributed by atoms with Gasteiger partial charge < -0.3 is 4.74 Å². The summed E-state index contributed by atoms with van der Waals surface area (Å²) < 4.78 is 4.86. The second-order valence-corrected chi connectivity index (χ2v) is 6.74. The van der Waals surface area contributed by atoms with Crippen molar-refractivity contribution >= 4 is 17.5 Å². The van der Waals surface area contributed by atoms with Crippen LogP contribution < -0.4 is 0 Å². The summed E-state index contributed by atoms with van der Waals surface area (Å²) in [5, 5.41) is 0. The minimum atomic E-state index is -0.795. The number of Topliss-reactive ketones (excluding diaryl/α,β-unsaturated/α-hetero) is 2. The fourth-order valence-electron chi connectivity index (χ4n) is 3.72. The average molecular weight is 296 g/mol. The van der Waals surface area contributed by atoms with Crippen molar-refractivity contribution < 1.29 is 19.1 Å². The lowest BCUT2D eigenvalue weighted by molar-refractivity contribution is -0.162. The molecule has 120 valence electrons.